The van der Waals surface area contributed by atoms with Gasteiger partial charge in [0.1, 0.15) is 11.2 Å². The molecule has 4 nitrogen and oxygen atoms in total. The summed E-state index contributed by atoms with van der Waals surface area (Å²) in [6.45, 7) is 2.17. The first-order valence-electron chi connectivity index (χ1n) is 19.5. The Morgan fingerprint density at radius 2 is 1.14 bits per heavy atom. The molecule has 0 saturated carbocycles. The summed E-state index contributed by atoms with van der Waals surface area (Å²) >= 11 is 1.85. The number of aryl methyl sites for hydroxylation is 1. The van der Waals surface area contributed by atoms with Crippen LogP contribution in [0.1, 0.15) is 5.56 Å². The summed E-state index contributed by atoms with van der Waals surface area (Å²) in [6.07, 6.45) is 0. The fourth-order valence-electron chi connectivity index (χ4n) is 8.81. The third-order valence-corrected chi connectivity index (χ3v) is 12.6. The summed E-state index contributed by atoms with van der Waals surface area (Å²) in [4.78, 5) is 2.28. The van der Waals surface area contributed by atoms with Crippen molar-refractivity contribution in [2.75, 3.05) is 4.90 Å². The molecule has 11 aromatic rings. The summed E-state index contributed by atoms with van der Waals surface area (Å²) in [5, 5.41) is 7.22. The van der Waals surface area contributed by atoms with Crippen LogP contribution in [0.3, 0.4) is 0 Å². The Bertz CT molecular complexity index is 3430. The summed E-state index contributed by atoms with van der Waals surface area (Å²) in [6, 6.07) is 64.0. The summed E-state index contributed by atoms with van der Waals surface area (Å²) in [5.74, 6) is 2.70. The predicted molar refractivity (Wildman–Crippen MR) is 241 cm³/mol. The van der Waals surface area contributed by atoms with Gasteiger partial charge in [0.15, 0.2) is 23.0 Å². The van der Waals surface area contributed by atoms with Gasteiger partial charge in [0, 0.05) is 42.3 Å². The Balaban J connectivity index is 1.10. The van der Waals surface area contributed by atoms with Crippen LogP contribution in [0.25, 0.3) is 75.1 Å². The number of ether oxygens (including phenoxy) is 2. The largest absolute Gasteiger partial charge is 0.456 e. The zero-order valence-electron chi connectivity index (χ0n) is 31.4. The number of fused-ring (bicyclic) bond motifs is 10. The molecule has 12 rings (SSSR count). The molecule has 0 amide bonds. The Hall–Kier alpha value is -7.34. The number of furan rings is 1. The van der Waals surface area contributed by atoms with Gasteiger partial charge in [0.2, 0.25) is 0 Å². The molecule has 0 spiro atoms. The lowest BCUT2D eigenvalue weighted by Crippen LogP contribution is -2.13. The van der Waals surface area contributed by atoms with E-state index in [1.807, 2.05) is 47.7 Å². The highest BCUT2D eigenvalue weighted by molar-refractivity contribution is 7.26. The zero-order valence-corrected chi connectivity index (χ0v) is 32.2. The lowest BCUT2D eigenvalue weighted by molar-refractivity contribution is 0.360. The first-order valence-corrected chi connectivity index (χ1v) is 20.3. The molecule has 3 heterocycles. The van der Waals surface area contributed by atoms with E-state index < -0.39 is 0 Å². The average molecular weight is 764 g/mol. The van der Waals surface area contributed by atoms with Crippen LogP contribution in [0.2, 0.25) is 0 Å². The molecule has 0 saturated heterocycles. The molecule has 0 N–H and O–H groups in total. The lowest BCUT2D eigenvalue weighted by atomic mass is 9.92. The van der Waals surface area contributed by atoms with Gasteiger partial charge in [-0.25, -0.2) is 0 Å². The van der Waals surface area contributed by atoms with Crippen LogP contribution in [-0.4, -0.2) is 0 Å². The molecule has 0 aliphatic carbocycles. The van der Waals surface area contributed by atoms with E-state index in [9.17, 15) is 0 Å². The Kier molecular flexibility index (Phi) is 7.28. The minimum Gasteiger partial charge on any atom is -0.456 e. The number of thiophene rings is 1. The van der Waals surface area contributed by atoms with Crippen molar-refractivity contribution >= 4 is 81.3 Å². The molecule has 0 fully saturated rings. The van der Waals surface area contributed by atoms with Crippen LogP contribution in [0.5, 0.6) is 23.0 Å². The molecule has 1 aliphatic rings. The Morgan fingerprint density at radius 1 is 0.431 bits per heavy atom. The van der Waals surface area contributed by atoms with Gasteiger partial charge in [-0.05, 0) is 118 Å². The lowest BCUT2D eigenvalue weighted by Gasteiger charge is -2.30. The van der Waals surface area contributed by atoms with E-state index in [0.29, 0.717) is 23.0 Å². The van der Waals surface area contributed by atoms with Gasteiger partial charge in [-0.1, -0.05) is 109 Å². The minimum atomic E-state index is 0.656. The highest BCUT2D eigenvalue weighted by Crippen LogP contribution is 2.53. The topological polar surface area (TPSA) is 34.8 Å². The van der Waals surface area contributed by atoms with Crippen molar-refractivity contribution in [2.24, 2.45) is 0 Å². The summed E-state index contributed by atoms with van der Waals surface area (Å²) < 4.78 is 22.4. The van der Waals surface area contributed by atoms with Crippen molar-refractivity contribution in [1.29, 1.82) is 0 Å². The second-order valence-corrected chi connectivity index (χ2v) is 15.9. The molecular weight excluding hydrogens is 731 g/mol. The maximum Gasteiger partial charge on any atom is 0.194 e. The average Bonchev–Trinajstić information content (AvgIpc) is 3.85. The third kappa shape index (κ3) is 5.07. The van der Waals surface area contributed by atoms with E-state index in [1.54, 1.807) is 0 Å². The smallest absolute Gasteiger partial charge is 0.194 e. The number of anilines is 3. The molecule has 0 unspecified atom stereocenters. The van der Waals surface area contributed by atoms with Gasteiger partial charge in [0.05, 0.1) is 5.69 Å². The van der Waals surface area contributed by atoms with E-state index in [1.165, 1.54) is 42.1 Å². The highest BCUT2D eigenvalue weighted by Gasteiger charge is 2.27. The van der Waals surface area contributed by atoms with Crippen molar-refractivity contribution in [2.45, 2.75) is 6.92 Å². The Morgan fingerprint density at radius 3 is 2.02 bits per heavy atom. The first kappa shape index (κ1) is 32.9. The molecule has 274 valence electrons. The van der Waals surface area contributed by atoms with Crippen molar-refractivity contribution in [3.63, 3.8) is 0 Å². The summed E-state index contributed by atoms with van der Waals surface area (Å²) in [7, 11) is 0. The first-order chi connectivity index (χ1) is 28.7. The normalized spacial score (nSPS) is 12.2. The van der Waals surface area contributed by atoms with Crippen LogP contribution in [0.15, 0.2) is 186 Å². The van der Waals surface area contributed by atoms with Gasteiger partial charge >= 0.3 is 0 Å². The van der Waals surface area contributed by atoms with E-state index >= 15 is 0 Å². The van der Waals surface area contributed by atoms with Gasteiger partial charge < -0.3 is 18.8 Å². The molecule has 0 radical (unpaired) electrons. The fraction of sp³-hybridized carbons (Fsp3) is 0.0189. The van der Waals surface area contributed by atoms with Gasteiger partial charge in [0.25, 0.3) is 0 Å². The van der Waals surface area contributed by atoms with Gasteiger partial charge in [-0.3, -0.25) is 0 Å². The molecule has 9 aromatic carbocycles. The van der Waals surface area contributed by atoms with E-state index in [0.717, 1.165) is 55.7 Å². The maximum atomic E-state index is 6.70. The second-order valence-electron chi connectivity index (χ2n) is 14.9. The number of hydrogen-bond donors (Lipinski definition) is 0. The molecule has 5 heteroatoms. The molecule has 2 aromatic heterocycles. The number of nitrogens with zero attached hydrogens (tertiary/aromatic N) is 1. The minimum absolute atomic E-state index is 0.656. The highest BCUT2D eigenvalue weighted by atomic mass is 32.1. The van der Waals surface area contributed by atoms with Gasteiger partial charge in [-0.2, -0.15) is 0 Å². The van der Waals surface area contributed by atoms with Crippen LogP contribution in [0.4, 0.5) is 17.1 Å². The molecule has 58 heavy (non-hydrogen) atoms. The Labute approximate surface area is 338 Å². The SMILES string of the molecule is Cc1ccc(N(c2ccc3oc4cccc(-c5cc6sc7ccccc7c6c6ccccc56)c4c3c2)c2cccc3c2Oc2ccccc2O3)cc1-c1ccccc1. The molecule has 1 aliphatic heterocycles. The number of benzene rings is 9. The van der Waals surface area contributed by atoms with Crippen LogP contribution >= 0.6 is 11.3 Å². The van der Waals surface area contributed by atoms with Crippen molar-refractivity contribution in [1.82, 2.24) is 0 Å². The number of rotatable bonds is 5. The quantitative estimate of drug-likeness (QED) is 0.175. The van der Waals surface area contributed by atoms with Crippen molar-refractivity contribution in [3.8, 4) is 45.3 Å². The van der Waals surface area contributed by atoms with Crippen LogP contribution in [0, 0.1) is 6.92 Å². The maximum absolute atomic E-state index is 6.70. The zero-order chi connectivity index (χ0) is 38.3. The fourth-order valence-corrected chi connectivity index (χ4v) is 9.97. The number of para-hydroxylation sites is 3. The van der Waals surface area contributed by atoms with Crippen molar-refractivity contribution in [3.05, 3.63) is 188 Å². The van der Waals surface area contributed by atoms with E-state index in [4.69, 9.17) is 13.9 Å². The van der Waals surface area contributed by atoms with E-state index in [2.05, 4.69) is 157 Å². The molecule has 0 atom stereocenters. The monoisotopic (exact) mass is 763 g/mol. The molecular formula is C53H33NO3S. The summed E-state index contributed by atoms with van der Waals surface area (Å²) in [5.41, 5.74) is 10.4. The van der Waals surface area contributed by atoms with Gasteiger partial charge in [-0.15, -0.1) is 11.3 Å². The number of hydrogen-bond acceptors (Lipinski definition) is 5. The third-order valence-electron chi connectivity index (χ3n) is 11.5. The predicted octanol–water partition coefficient (Wildman–Crippen LogP) is 16.1. The van der Waals surface area contributed by atoms with Crippen LogP contribution in [-0.2, 0) is 0 Å². The van der Waals surface area contributed by atoms with Crippen molar-refractivity contribution < 1.29 is 13.9 Å². The van der Waals surface area contributed by atoms with E-state index in [-0.39, 0.29) is 0 Å². The van der Waals surface area contributed by atoms with Crippen LogP contribution < -0.4 is 14.4 Å². The molecule has 0 bridgehead atoms. The second kappa shape index (κ2) is 12.8. The standard InChI is InChI=1S/C53H33NO3S/c1-32-25-26-34(29-40(32)33-13-3-2-4-14-33)54(43-19-12-23-48-53(43)57-46-21-9-8-20-45(46)56-48)35-27-28-44-42(30-35)51-38(18-11-22-47(51)55-44)41-31-50-52(37-16-6-5-15-36(37)41)39-17-7-10-24-49(39)58-50/h2-31H,1H3.